The quantitative estimate of drug-likeness (QED) is 0.824. The zero-order chi connectivity index (χ0) is 14.5. The average Bonchev–Trinajstić information content (AvgIpc) is 2.81. The standard InChI is InChI=1S/C15H18Cl2N2S/c1-10(2)7-18-8-12-9-19-15(20-12)6-11-3-4-13(16)14(17)5-11/h3-5,9-10,18H,6-8H2,1-2H3. The van der Waals surface area contributed by atoms with Crippen LogP contribution in [0.25, 0.3) is 0 Å². The van der Waals surface area contributed by atoms with Crippen molar-refractivity contribution in [3.63, 3.8) is 0 Å². The van der Waals surface area contributed by atoms with Crippen molar-refractivity contribution in [3.8, 4) is 0 Å². The highest BCUT2D eigenvalue weighted by molar-refractivity contribution is 7.11. The summed E-state index contributed by atoms with van der Waals surface area (Å²) in [5, 5.41) is 5.72. The number of thiazole rings is 1. The first-order valence-electron chi connectivity index (χ1n) is 6.63. The van der Waals surface area contributed by atoms with Gasteiger partial charge in [-0.1, -0.05) is 43.1 Å². The minimum absolute atomic E-state index is 0.591. The predicted octanol–water partition coefficient (Wildman–Crippen LogP) is 4.79. The van der Waals surface area contributed by atoms with Crippen LogP contribution in [0.1, 0.15) is 29.3 Å². The molecule has 0 bridgehead atoms. The SMILES string of the molecule is CC(C)CNCc1cnc(Cc2ccc(Cl)c(Cl)c2)s1. The molecule has 5 heteroatoms. The number of rotatable bonds is 6. The lowest BCUT2D eigenvalue weighted by Gasteiger charge is -2.04. The molecule has 0 spiro atoms. The first kappa shape index (κ1) is 15.8. The van der Waals surface area contributed by atoms with E-state index in [9.17, 15) is 0 Å². The molecule has 0 aliphatic heterocycles. The van der Waals surface area contributed by atoms with Crippen LogP contribution in [0.3, 0.4) is 0 Å². The highest BCUT2D eigenvalue weighted by Gasteiger charge is 2.05. The molecule has 0 aliphatic rings. The number of hydrogen-bond acceptors (Lipinski definition) is 3. The molecule has 20 heavy (non-hydrogen) atoms. The lowest BCUT2D eigenvalue weighted by atomic mass is 10.2. The fourth-order valence-corrected chi connectivity index (χ4v) is 3.07. The van der Waals surface area contributed by atoms with Gasteiger partial charge < -0.3 is 5.32 Å². The van der Waals surface area contributed by atoms with E-state index in [1.807, 2.05) is 24.4 Å². The lowest BCUT2D eigenvalue weighted by Crippen LogP contribution is -2.18. The van der Waals surface area contributed by atoms with Crippen LogP contribution in [-0.4, -0.2) is 11.5 Å². The molecule has 0 unspecified atom stereocenters. The molecule has 2 aromatic rings. The van der Waals surface area contributed by atoms with Crippen molar-refractivity contribution in [2.75, 3.05) is 6.54 Å². The number of nitrogens with zero attached hydrogens (tertiary/aromatic N) is 1. The Balaban J connectivity index is 1.93. The monoisotopic (exact) mass is 328 g/mol. The van der Waals surface area contributed by atoms with Gasteiger partial charge in [-0.05, 0) is 30.2 Å². The Morgan fingerprint density at radius 1 is 1.25 bits per heavy atom. The third-order valence-electron chi connectivity index (χ3n) is 2.79. The van der Waals surface area contributed by atoms with Gasteiger partial charge in [0.05, 0.1) is 15.1 Å². The fraction of sp³-hybridized carbons (Fsp3) is 0.400. The Morgan fingerprint density at radius 2 is 2.05 bits per heavy atom. The van der Waals surface area contributed by atoms with E-state index in [2.05, 4.69) is 24.1 Å². The van der Waals surface area contributed by atoms with Gasteiger partial charge in [-0.2, -0.15) is 0 Å². The molecular formula is C15H18Cl2N2S. The Hall–Kier alpha value is -0.610. The molecule has 0 atom stereocenters. The lowest BCUT2D eigenvalue weighted by molar-refractivity contribution is 0.554. The fourth-order valence-electron chi connectivity index (χ4n) is 1.82. The zero-order valence-corrected chi connectivity index (χ0v) is 13.9. The van der Waals surface area contributed by atoms with Crippen molar-refractivity contribution in [2.45, 2.75) is 26.8 Å². The molecule has 1 heterocycles. The largest absolute Gasteiger partial charge is 0.312 e. The van der Waals surface area contributed by atoms with Crippen molar-refractivity contribution in [3.05, 3.63) is 49.9 Å². The Bertz CT molecular complexity index is 567. The molecule has 0 saturated heterocycles. The number of hydrogen-bond donors (Lipinski definition) is 1. The molecule has 2 rings (SSSR count). The minimum Gasteiger partial charge on any atom is -0.312 e. The van der Waals surface area contributed by atoms with Gasteiger partial charge in [0.25, 0.3) is 0 Å². The van der Waals surface area contributed by atoms with Crippen molar-refractivity contribution in [1.29, 1.82) is 0 Å². The first-order chi connectivity index (χ1) is 9.54. The second kappa shape index (κ2) is 7.41. The zero-order valence-electron chi connectivity index (χ0n) is 11.6. The smallest absolute Gasteiger partial charge is 0.0972 e. The van der Waals surface area contributed by atoms with Gasteiger partial charge in [0.2, 0.25) is 0 Å². The molecule has 1 aromatic heterocycles. The first-order valence-corrected chi connectivity index (χ1v) is 8.20. The van der Waals surface area contributed by atoms with Gasteiger partial charge in [0.1, 0.15) is 0 Å². The van der Waals surface area contributed by atoms with Crippen LogP contribution < -0.4 is 5.32 Å². The van der Waals surface area contributed by atoms with Crippen LogP contribution in [0.4, 0.5) is 0 Å². The van der Waals surface area contributed by atoms with Crippen molar-refractivity contribution in [1.82, 2.24) is 10.3 Å². The van der Waals surface area contributed by atoms with Crippen molar-refractivity contribution < 1.29 is 0 Å². The number of aromatic nitrogens is 1. The maximum absolute atomic E-state index is 6.02. The van der Waals surface area contributed by atoms with Gasteiger partial charge >= 0.3 is 0 Å². The van der Waals surface area contributed by atoms with Crippen LogP contribution in [0.2, 0.25) is 10.0 Å². The molecule has 0 aliphatic carbocycles. The van der Waals surface area contributed by atoms with Gasteiger partial charge in [-0.25, -0.2) is 4.98 Å². The predicted molar refractivity (Wildman–Crippen MR) is 87.9 cm³/mol. The summed E-state index contributed by atoms with van der Waals surface area (Å²) in [7, 11) is 0. The third kappa shape index (κ3) is 4.74. The average molecular weight is 329 g/mol. The maximum Gasteiger partial charge on any atom is 0.0972 e. The van der Waals surface area contributed by atoms with Gasteiger partial charge in [-0.3, -0.25) is 0 Å². The molecular weight excluding hydrogens is 311 g/mol. The van der Waals surface area contributed by atoms with Crippen LogP contribution >= 0.6 is 34.5 Å². The number of benzene rings is 1. The molecule has 2 nitrogen and oxygen atoms in total. The van der Waals surface area contributed by atoms with Crippen molar-refractivity contribution in [2.24, 2.45) is 5.92 Å². The van der Waals surface area contributed by atoms with E-state index in [1.54, 1.807) is 11.3 Å². The molecule has 1 aromatic carbocycles. The summed E-state index contributed by atoms with van der Waals surface area (Å²) >= 11 is 13.7. The van der Waals surface area contributed by atoms with E-state index in [0.29, 0.717) is 16.0 Å². The van der Waals surface area contributed by atoms with Gasteiger partial charge in [0, 0.05) is 24.0 Å². The van der Waals surface area contributed by atoms with E-state index in [-0.39, 0.29) is 0 Å². The summed E-state index contributed by atoms with van der Waals surface area (Å²) in [6.45, 7) is 6.32. The Labute approximate surface area is 134 Å². The van der Waals surface area contributed by atoms with Gasteiger partial charge in [-0.15, -0.1) is 11.3 Å². The summed E-state index contributed by atoms with van der Waals surface area (Å²) in [5.74, 6) is 0.665. The van der Waals surface area contributed by atoms with Crippen LogP contribution in [0.15, 0.2) is 24.4 Å². The molecule has 0 amide bonds. The van der Waals surface area contributed by atoms with E-state index in [4.69, 9.17) is 23.2 Å². The number of halogens is 2. The summed E-state index contributed by atoms with van der Waals surface area (Å²) in [5.41, 5.74) is 1.13. The summed E-state index contributed by atoms with van der Waals surface area (Å²) in [4.78, 5) is 5.73. The molecule has 0 radical (unpaired) electrons. The van der Waals surface area contributed by atoms with E-state index in [0.717, 1.165) is 30.1 Å². The summed E-state index contributed by atoms with van der Waals surface area (Å²) < 4.78 is 0. The highest BCUT2D eigenvalue weighted by Crippen LogP contribution is 2.24. The van der Waals surface area contributed by atoms with Crippen LogP contribution in [0, 0.1) is 5.92 Å². The normalized spacial score (nSPS) is 11.2. The highest BCUT2D eigenvalue weighted by atomic mass is 35.5. The second-order valence-electron chi connectivity index (χ2n) is 5.17. The molecule has 1 N–H and O–H groups in total. The third-order valence-corrected chi connectivity index (χ3v) is 4.53. The second-order valence-corrected chi connectivity index (χ2v) is 7.18. The van der Waals surface area contributed by atoms with Gasteiger partial charge in [0.15, 0.2) is 0 Å². The van der Waals surface area contributed by atoms with E-state index < -0.39 is 0 Å². The van der Waals surface area contributed by atoms with Crippen LogP contribution in [0.5, 0.6) is 0 Å². The van der Waals surface area contributed by atoms with E-state index in [1.165, 1.54) is 4.88 Å². The molecule has 0 saturated carbocycles. The maximum atomic E-state index is 6.02. The van der Waals surface area contributed by atoms with Crippen LogP contribution in [-0.2, 0) is 13.0 Å². The molecule has 108 valence electrons. The summed E-state index contributed by atoms with van der Waals surface area (Å²) in [6.07, 6.45) is 2.75. The Kier molecular flexibility index (Phi) is 5.85. The Morgan fingerprint density at radius 3 is 2.75 bits per heavy atom. The van der Waals surface area contributed by atoms with E-state index >= 15 is 0 Å². The molecule has 0 fully saturated rings. The number of nitrogens with one attached hydrogen (secondary N) is 1. The van der Waals surface area contributed by atoms with Crippen molar-refractivity contribution >= 4 is 34.5 Å². The minimum atomic E-state index is 0.591. The summed E-state index contributed by atoms with van der Waals surface area (Å²) in [6, 6.07) is 5.73. The topological polar surface area (TPSA) is 24.9 Å².